The Labute approximate surface area is 171 Å². The molecule has 0 atom stereocenters. The average molecular weight is 406 g/mol. The Bertz CT molecular complexity index is 1120. The van der Waals surface area contributed by atoms with E-state index in [1.807, 2.05) is 23.6 Å². The van der Waals surface area contributed by atoms with Crippen molar-refractivity contribution in [2.45, 2.75) is 6.92 Å². The third-order valence-electron chi connectivity index (χ3n) is 4.71. The number of anilines is 2. The van der Waals surface area contributed by atoms with Gasteiger partial charge >= 0.3 is 0 Å². The van der Waals surface area contributed by atoms with E-state index in [1.54, 1.807) is 48.8 Å². The van der Waals surface area contributed by atoms with Gasteiger partial charge in [-0.15, -0.1) is 11.3 Å². The molecule has 1 aliphatic rings. The number of carbonyl (C=O) groups excluding carboxylic acids is 3. The summed E-state index contributed by atoms with van der Waals surface area (Å²) in [7, 11) is 1.55. The molecule has 7 heteroatoms. The monoisotopic (exact) mass is 406 g/mol. The van der Waals surface area contributed by atoms with Gasteiger partial charge in [0.05, 0.1) is 18.5 Å². The summed E-state index contributed by atoms with van der Waals surface area (Å²) in [5.74, 6) is -0.173. The molecule has 3 aromatic rings. The number of thiophene rings is 1. The second-order valence-corrected chi connectivity index (χ2v) is 7.60. The zero-order chi connectivity index (χ0) is 20.5. The van der Waals surface area contributed by atoms with E-state index in [0.29, 0.717) is 28.3 Å². The zero-order valence-electron chi connectivity index (χ0n) is 15.9. The van der Waals surface area contributed by atoms with Crippen molar-refractivity contribution in [2.75, 3.05) is 23.9 Å². The molecule has 0 bridgehead atoms. The Morgan fingerprint density at radius 1 is 1.10 bits per heavy atom. The summed E-state index contributed by atoms with van der Waals surface area (Å²) < 4.78 is 5.38. The van der Waals surface area contributed by atoms with E-state index in [9.17, 15) is 14.4 Å². The minimum Gasteiger partial charge on any atom is -0.497 e. The second kappa shape index (κ2) is 7.52. The lowest BCUT2D eigenvalue weighted by Gasteiger charge is -2.29. The van der Waals surface area contributed by atoms with Gasteiger partial charge in [0.25, 0.3) is 5.91 Å². The second-order valence-electron chi connectivity index (χ2n) is 6.66. The number of hydrogen-bond donors (Lipinski definition) is 1. The summed E-state index contributed by atoms with van der Waals surface area (Å²) >= 11 is 1.57. The van der Waals surface area contributed by atoms with Crippen molar-refractivity contribution >= 4 is 40.3 Å². The van der Waals surface area contributed by atoms with Gasteiger partial charge < -0.3 is 10.1 Å². The lowest BCUT2D eigenvalue weighted by molar-refractivity contribution is -0.115. The highest BCUT2D eigenvalue weighted by molar-refractivity contribution is 7.13. The van der Waals surface area contributed by atoms with Crippen LogP contribution < -0.4 is 15.0 Å². The Morgan fingerprint density at radius 3 is 2.62 bits per heavy atom. The van der Waals surface area contributed by atoms with E-state index in [1.165, 1.54) is 11.8 Å². The number of nitrogens with one attached hydrogen (secondary N) is 1. The van der Waals surface area contributed by atoms with E-state index >= 15 is 0 Å². The van der Waals surface area contributed by atoms with Crippen molar-refractivity contribution in [3.8, 4) is 16.2 Å². The molecule has 0 unspecified atom stereocenters. The van der Waals surface area contributed by atoms with Gasteiger partial charge in [-0.05, 0) is 60.3 Å². The minimum absolute atomic E-state index is 0.100. The number of ketones is 1. The van der Waals surface area contributed by atoms with Crippen LogP contribution in [0.3, 0.4) is 0 Å². The number of ether oxygens (including phenoxy) is 1. The Kier molecular flexibility index (Phi) is 4.90. The molecule has 1 aromatic heterocycles. The number of methoxy groups -OCH3 is 1. The smallest absolute Gasteiger partial charge is 0.258 e. The third kappa shape index (κ3) is 3.64. The van der Waals surface area contributed by atoms with Gasteiger partial charge in [-0.2, -0.15) is 0 Å². The van der Waals surface area contributed by atoms with Crippen molar-refractivity contribution in [2.24, 2.45) is 0 Å². The molecule has 0 saturated carbocycles. The topological polar surface area (TPSA) is 75.7 Å². The molecule has 6 nitrogen and oxygen atoms in total. The maximum Gasteiger partial charge on any atom is 0.258 e. The average Bonchev–Trinajstić information content (AvgIpc) is 3.26. The van der Waals surface area contributed by atoms with Crippen LogP contribution in [0.15, 0.2) is 53.9 Å². The first-order chi connectivity index (χ1) is 14.0. The Morgan fingerprint density at radius 2 is 1.93 bits per heavy atom. The normalized spacial score (nSPS) is 12.9. The van der Waals surface area contributed by atoms with Crippen LogP contribution in [0.25, 0.3) is 10.4 Å². The zero-order valence-corrected chi connectivity index (χ0v) is 16.7. The molecular weight excluding hydrogens is 388 g/mol. The molecule has 146 valence electrons. The maximum absolute atomic E-state index is 13.3. The first kappa shape index (κ1) is 18.9. The molecule has 4 rings (SSSR count). The molecule has 0 radical (unpaired) electrons. The molecular formula is C22H18N2O4S. The van der Waals surface area contributed by atoms with Gasteiger partial charge in [-0.1, -0.05) is 6.07 Å². The van der Waals surface area contributed by atoms with Crippen molar-refractivity contribution < 1.29 is 19.1 Å². The van der Waals surface area contributed by atoms with E-state index in [-0.39, 0.29) is 24.1 Å². The Balaban J connectivity index is 1.76. The molecule has 2 heterocycles. The molecule has 1 aliphatic heterocycles. The highest BCUT2D eigenvalue weighted by Gasteiger charge is 2.28. The standard InChI is InChI=1S/C22H18N2O4S/c1-13(25)14-5-6-19-18(11-14)23-21(26)12-24(19)22(27)16-8-15(9-17(10-16)28-2)20-4-3-7-29-20/h3-11H,12H2,1-2H3,(H,23,26). The van der Waals surface area contributed by atoms with Gasteiger partial charge in [0.15, 0.2) is 5.78 Å². The summed E-state index contributed by atoms with van der Waals surface area (Å²) in [4.78, 5) is 39.7. The number of benzene rings is 2. The summed E-state index contributed by atoms with van der Waals surface area (Å²) in [6, 6.07) is 14.2. The van der Waals surface area contributed by atoms with Crippen molar-refractivity contribution in [3.63, 3.8) is 0 Å². The first-order valence-electron chi connectivity index (χ1n) is 8.96. The highest BCUT2D eigenvalue weighted by Crippen LogP contribution is 2.34. The summed E-state index contributed by atoms with van der Waals surface area (Å²) in [5, 5.41) is 4.71. The van der Waals surface area contributed by atoms with Crippen molar-refractivity contribution in [1.82, 2.24) is 0 Å². The Hall–Kier alpha value is -3.45. The molecule has 0 saturated heterocycles. The third-order valence-corrected chi connectivity index (χ3v) is 5.63. The number of nitrogens with zero attached hydrogens (tertiary/aromatic N) is 1. The fraction of sp³-hybridized carbons (Fsp3) is 0.136. The predicted octanol–water partition coefficient (Wildman–Crippen LogP) is 4.23. The lowest BCUT2D eigenvalue weighted by atomic mass is 10.0. The van der Waals surface area contributed by atoms with E-state index in [4.69, 9.17) is 4.74 Å². The van der Waals surface area contributed by atoms with Gasteiger partial charge in [0.2, 0.25) is 5.91 Å². The van der Waals surface area contributed by atoms with Crippen LogP contribution in [0, 0.1) is 0 Å². The SMILES string of the molecule is COc1cc(C(=O)N2CC(=O)Nc3cc(C(C)=O)ccc32)cc(-c2cccs2)c1. The van der Waals surface area contributed by atoms with Crippen LogP contribution in [0.1, 0.15) is 27.6 Å². The number of carbonyl (C=O) groups is 3. The van der Waals surface area contributed by atoms with E-state index in [0.717, 1.165) is 10.4 Å². The van der Waals surface area contributed by atoms with Gasteiger partial charge in [-0.3, -0.25) is 19.3 Å². The molecule has 0 spiro atoms. The largest absolute Gasteiger partial charge is 0.497 e. The van der Waals surface area contributed by atoms with Crippen LogP contribution in [-0.4, -0.2) is 31.3 Å². The van der Waals surface area contributed by atoms with Crippen LogP contribution in [0.5, 0.6) is 5.75 Å². The summed E-state index contributed by atoms with van der Waals surface area (Å²) in [5.41, 5.74) is 2.77. The molecule has 1 N–H and O–H groups in total. The molecule has 29 heavy (non-hydrogen) atoms. The van der Waals surface area contributed by atoms with Crippen LogP contribution in [0.2, 0.25) is 0 Å². The predicted molar refractivity (Wildman–Crippen MR) is 113 cm³/mol. The first-order valence-corrected chi connectivity index (χ1v) is 9.84. The van der Waals surface area contributed by atoms with Gasteiger partial charge in [0.1, 0.15) is 12.3 Å². The fourth-order valence-electron chi connectivity index (χ4n) is 3.27. The van der Waals surface area contributed by atoms with Gasteiger partial charge in [0, 0.05) is 16.0 Å². The van der Waals surface area contributed by atoms with Crippen LogP contribution in [0.4, 0.5) is 11.4 Å². The minimum atomic E-state index is -0.312. The maximum atomic E-state index is 13.3. The number of rotatable bonds is 4. The number of fused-ring (bicyclic) bond motifs is 1. The van der Waals surface area contributed by atoms with Crippen LogP contribution in [-0.2, 0) is 4.79 Å². The number of amides is 2. The van der Waals surface area contributed by atoms with Crippen LogP contribution >= 0.6 is 11.3 Å². The molecule has 0 aliphatic carbocycles. The highest BCUT2D eigenvalue weighted by atomic mass is 32.1. The molecule has 2 amide bonds. The molecule has 0 fully saturated rings. The van der Waals surface area contributed by atoms with Gasteiger partial charge in [-0.25, -0.2) is 0 Å². The van der Waals surface area contributed by atoms with E-state index < -0.39 is 0 Å². The summed E-state index contributed by atoms with van der Waals surface area (Å²) in [6.45, 7) is 1.36. The van der Waals surface area contributed by atoms with Crippen molar-refractivity contribution in [1.29, 1.82) is 0 Å². The van der Waals surface area contributed by atoms with Crippen molar-refractivity contribution in [3.05, 3.63) is 65.0 Å². The fourth-order valence-corrected chi connectivity index (χ4v) is 3.99. The number of hydrogen-bond acceptors (Lipinski definition) is 5. The molecule has 2 aromatic carbocycles. The van der Waals surface area contributed by atoms with E-state index in [2.05, 4.69) is 5.32 Å². The quantitative estimate of drug-likeness (QED) is 0.658. The summed E-state index contributed by atoms with van der Waals surface area (Å²) in [6.07, 6.45) is 0. The lowest BCUT2D eigenvalue weighted by Crippen LogP contribution is -2.42. The number of Topliss-reactive ketones (excluding diaryl/α,β-unsaturated/α-hetero) is 1.